The zero-order valence-electron chi connectivity index (χ0n) is 24.4. The number of hydrazine groups is 1. The summed E-state index contributed by atoms with van der Waals surface area (Å²) >= 11 is 3.82. The summed E-state index contributed by atoms with van der Waals surface area (Å²) < 4.78 is 36.9. The minimum atomic E-state index is -4.07. The summed E-state index contributed by atoms with van der Waals surface area (Å²) in [6, 6.07) is 40.9. The van der Waals surface area contributed by atoms with Gasteiger partial charge in [-0.25, -0.2) is 8.42 Å². The molecule has 224 valence electrons. The molecule has 2 aliphatic rings. The molecule has 0 amide bonds. The Bertz CT molecular complexity index is 2010. The molecule has 0 spiro atoms. The van der Waals surface area contributed by atoms with Crippen LogP contribution >= 0.6 is 15.9 Å². The van der Waals surface area contributed by atoms with Crippen LogP contribution in [0.4, 0.5) is 0 Å². The fourth-order valence-corrected chi connectivity index (χ4v) is 8.36. The van der Waals surface area contributed by atoms with E-state index in [0.717, 1.165) is 37.9 Å². The van der Waals surface area contributed by atoms with Crippen molar-refractivity contribution in [2.45, 2.75) is 17.9 Å². The second kappa shape index (κ2) is 11.8. The highest BCUT2D eigenvalue weighted by Crippen LogP contribution is 2.53. The lowest BCUT2D eigenvalue weighted by molar-refractivity contribution is -0.139. The molecule has 0 radical (unpaired) electrons. The van der Waals surface area contributed by atoms with Gasteiger partial charge in [-0.05, 0) is 69.4 Å². The van der Waals surface area contributed by atoms with Gasteiger partial charge in [0, 0.05) is 5.56 Å². The van der Waals surface area contributed by atoms with Crippen LogP contribution in [0.15, 0.2) is 138 Å². The van der Waals surface area contributed by atoms with Crippen molar-refractivity contribution >= 4 is 42.1 Å². The van der Waals surface area contributed by atoms with Crippen LogP contribution in [0, 0.1) is 12.8 Å². The molecule has 0 aliphatic carbocycles. The van der Waals surface area contributed by atoms with E-state index in [1.54, 1.807) is 41.4 Å². The van der Waals surface area contributed by atoms with E-state index in [1.165, 1.54) is 4.41 Å². The Kier molecular flexibility index (Phi) is 7.65. The van der Waals surface area contributed by atoms with Gasteiger partial charge in [0.25, 0.3) is 10.0 Å². The molecule has 2 aliphatic heterocycles. The van der Waals surface area contributed by atoms with Gasteiger partial charge in [0.1, 0.15) is 5.75 Å². The van der Waals surface area contributed by atoms with Gasteiger partial charge in [0.15, 0.2) is 0 Å². The maximum Gasteiger partial charge on any atom is 0.318 e. The second-order valence-corrected chi connectivity index (χ2v) is 13.8. The molecule has 0 N–H and O–H groups in total. The highest BCUT2D eigenvalue weighted by atomic mass is 79.9. The number of aryl methyl sites for hydroxylation is 1. The summed E-state index contributed by atoms with van der Waals surface area (Å²) in [4.78, 5) is 14.3. The predicted molar refractivity (Wildman–Crippen MR) is 179 cm³/mol. The first-order valence-corrected chi connectivity index (χ1v) is 16.9. The van der Waals surface area contributed by atoms with Crippen LogP contribution in [0.25, 0.3) is 21.3 Å². The third-order valence-corrected chi connectivity index (χ3v) is 10.9. The van der Waals surface area contributed by atoms with Gasteiger partial charge in [-0.3, -0.25) is 9.80 Å². The van der Waals surface area contributed by atoms with Gasteiger partial charge in [-0.15, -0.1) is 4.41 Å². The lowest BCUT2D eigenvalue weighted by Gasteiger charge is -2.40. The normalized spacial score (nSPS) is 18.0. The van der Waals surface area contributed by atoms with Crippen LogP contribution in [0.2, 0.25) is 0 Å². The lowest BCUT2D eigenvalue weighted by Crippen LogP contribution is -2.42. The number of benzene rings is 5. The molecule has 0 aromatic heterocycles. The lowest BCUT2D eigenvalue weighted by atomic mass is 9.87. The molecule has 6 nitrogen and oxygen atoms in total. The first-order valence-electron chi connectivity index (χ1n) is 14.6. The minimum Gasteiger partial charge on any atom is -0.426 e. The molecule has 45 heavy (non-hydrogen) atoms. The summed E-state index contributed by atoms with van der Waals surface area (Å²) in [6.07, 6.45) is 0. The number of hydrogen-bond donors (Lipinski definition) is 0. The number of hydrogen-bond acceptors (Lipinski definition) is 5. The molecule has 8 heteroatoms. The maximum absolute atomic E-state index is 14.4. The second-order valence-electron chi connectivity index (χ2n) is 11.1. The summed E-state index contributed by atoms with van der Waals surface area (Å²) in [5.74, 6) is -0.922. The van der Waals surface area contributed by atoms with Crippen LogP contribution in [-0.2, 0) is 14.8 Å². The van der Waals surface area contributed by atoms with Crippen LogP contribution in [0.3, 0.4) is 0 Å². The van der Waals surface area contributed by atoms with Crippen molar-refractivity contribution in [2.75, 3.05) is 6.54 Å². The molecule has 0 saturated carbocycles. The van der Waals surface area contributed by atoms with E-state index in [2.05, 4.69) is 15.9 Å². The average molecular weight is 678 g/mol. The number of sulfonamides is 1. The SMILES string of the molecule is Cc1ccc(S(=O)(=O)N2CC(C(=O)Oc3ccc(-c4ccccc4)cc3)C3c4ccccc4C(Br)=C(c4ccccc4)N32)cc1. The highest BCUT2D eigenvalue weighted by Gasteiger charge is 2.54. The number of fused-ring (bicyclic) bond motifs is 3. The summed E-state index contributed by atoms with van der Waals surface area (Å²) in [6.45, 7) is 1.82. The third kappa shape index (κ3) is 5.29. The molecule has 1 fully saturated rings. The molecule has 5 aromatic rings. The van der Waals surface area contributed by atoms with Crippen molar-refractivity contribution < 1.29 is 17.9 Å². The standard InChI is InChI=1S/C37H29BrN2O4S/c1-25-16-22-30(23-17-25)45(42,43)39-24-33(37(41)44-29-20-18-27(19-21-29)26-10-4-2-5-11-26)36-32-15-9-8-14-31(32)34(38)35(40(36)39)28-12-6-3-7-13-28/h2-23,33,36H,24H2,1H3. The molecule has 5 aromatic carbocycles. The van der Waals surface area contributed by atoms with Crippen LogP contribution < -0.4 is 4.74 Å². The van der Waals surface area contributed by atoms with E-state index in [4.69, 9.17) is 4.74 Å². The Balaban J connectivity index is 1.32. The average Bonchev–Trinajstić information content (AvgIpc) is 3.48. The van der Waals surface area contributed by atoms with E-state index in [-0.39, 0.29) is 11.4 Å². The molecule has 2 unspecified atom stereocenters. The number of nitrogens with zero attached hydrogens (tertiary/aromatic N) is 2. The third-order valence-electron chi connectivity index (χ3n) is 8.32. The first-order chi connectivity index (χ1) is 21.8. The van der Waals surface area contributed by atoms with E-state index in [1.807, 2.05) is 104 Å². The highest BCUT2D eigenvalue weighted by molar-refractivity contribution is 9.15. The molecule has 2 heterocycles. The van der Waals surface area contributed by atoms with E-state index in [9.17, 15) is 13.2 Å². The maximum atomic E-state index is 14.4. The van der Waals surface area contributed by atoms with Gasteiger partial charge >= 0.3 is 5.97 Å². The Morgan fingerprint density at radius 1 is 0.733 bits per heavy atom. The van der Waals surface area contributed by atoms with E-state index < -0.39 is 28.0 Å². The van der Waals surface area contributed by atoms with Gasteiger partial charge in [-0.1, -0.05) is 115 Å². The monoisotopic (exact) mass is 676 g/mol. The van der Waals surface area contributed by atoms with Gasteiger partial charge < -0.3 is 4.74 Å². The number of halogens is 1. The van der Waals surface area contributed by atoms with Crippen LogP contribution in [-0.4, -0.2) is 30.4 Å². The summed E-state index contributed by atoms with van der Waals surface area (Å²) in [5.41, 5.74) is 6.23. The quantitative estimate of drug-likeness (QED) is 0.134. The minimum absolute atomic E-state index is 0.0905. The van der Waals surface area contributed by atoms with Crippen LogP contribution in [0.5, 0.6) is 5.75 Å². The fourth-order valence-electron chi connectivity index (χ4n) is 6.09. The van der Waals surface area contributed by atoms with Crippen molar-refractivity contribution in [1.29, 1.82) is 0 Å². The number of carbonyl (C=O) groups excluding carboxylic acids is 1. The molecular weight excluding hydrogens is 648 g/mol. The van der Waals surface area contributed by atoms with Gasteiger partial charge in [0.2, 0.25) is 0 Å². The van der Waals surface area contributed by atoms with Crippen LogP contribution in [0.1, 0.15) is 28.3 Å². The van der Waals surface area contributed by atoms with Gasteiger partial charge in [0.05, 0.1) is 33.6 Å². The molecule has 7 rings (SSSR count). The fraction of sp³-hybridized carbons (Fsp3) is 0.108. The van der Waals surface area contributed by atoms with E-state index >= 15 is 0 Å². The smallest absolute Gasteiger partial charge is 0.318 e. The van der Waals surface area contributed by atoms with Crippen molar-refractivity contribution in [3.63, 3.8) is 0 Å². The zero-order chi connectivity index (χ0) is 31.1. The molecule has 1 saturated heterocycles. The van der Waals surface area contributed by atoms with Crippen molar-refractivity contribution in [3.8, 4) is 16.9 Å². The topological polar surface area (TPSA) is 66.9 Å². The Morgan fingerprint density at radius 2 is 1.31 bits per heavy atom. The zero-order valence-corrected chi connectivity index (χ0v) is 26.8. The van der Waals surface area contributed by atoms with E-state index in [0.29, 0.717) is 11.4 Å². The Hall–Kier alpha value is -4.50. The van der Waals surface area contributed by atoms with Crippen molar-refractivity contribution in [3.05, 3.63) is 156 Å². The van der Waals surface area contributed by atoms with Gasteiger partial charge in [-0.2, -0.15) is 0 Å². The number of carbonyl (C=O) groups is 1. The Labute approximate surface area is 271 Å². The summed E-state index contributed by atoms with van der Waals surface area (Å²) in [5, 5.41) is 1.77. The largest absolute Gasteiger partial charge is 0.426 e. The number of ether oxygens (including phenoxy) is 1. The number of rotatable bonds is 6. The van der Waals surface area contributed by atoms with Crippen molar-refractivity contribution in [2.24, 2.45) is 5.92 Å². The Morgan fingerprint density at radius 3 is 1.98 bits per heavy atom. The first kappa shape index (κ1) is 29.2. The molecule has 2 atom stereocenters. The molecular formula is C37H29BrN2O4S. The summed E-state index contributed by atoms with van der Waals surface area (Å²) in [7, 11) is -4.07. The number of esters is 1. The molecule has 0 bridgehead atoms. The van der Waals surface area contributed by atoms with Crippen molar-refractivity contribution in [1.82, 2.24) is 9.42 Å². The predicted octanol–water partition coefficient (Wildman–Crippen LogP) is 8.08.